The van der Waals surface area contributed by atoms with Gasteiger partial charge in [-0.25, -0.2) is 13.2 Å². The van der Waals surface area contributed by atoms with Crippen LogP contribution in [0.2, 0.25) is 0 Å². The lowest BCUT2D eigenvalue weighted by atomic mass is 9.74. The van der Waals surface area contributed by atoms with Crippen molar-refractivity contribution in [2.75, 3.05) is 20.2 Å². The Hall–Kier alpha value is -3.13. The summed E-state index contributed by atoms with van der Waals surface area (Å²) < 4.78 is 48.2. The molecule has 5 rings (SSSR count). The second kappa shape index (κ2) is 9.73. The van der Waals surface area contributed by atoms with Crippen molar-refractivity contribution in [2.24, 2.45) is 5.41 Å². The number of aryl methyl sites for hydroxylation is 1. The summed E-state index contributed by atoms with van der Waals surface area (Å²) in [5.41, 5.74) is 0.410. The number of halogens is 3. The van der Waals surface area contributed by atoms with E-state index in [0.29, 0.717) is 73.8 Å². The Kier molecular flexibility index (Phi) is 6.64. The molecule has 1 aliphatic heterocycles. The van der Waals surface area contributed by atoms with Crippen LogP contribution in [0.5, 0.6) is 5.75 Å². The minimum Gasteiger partial charge on any atom is -0.497 e. The van der Waals surface area contributed by atoms with Crippen LogP contribution in [0.3, 0.4) is 0 Å². The highest BCUT2D eigenvalue weighted by Crippen LogP contribution is 2.46. The van der Waals surface area contributed by atoms with Crippen LogP contribution in [0.15, 0.2) is 42.6 Å². The van der Waals surface area contributed by atoms with E-state index in [1.54, 1.807) is 25.3 Å². The van der Waals surface area contributed by atoms with Gasteiger partial charge >= 0.3 is 5.97 Å². The number of fused-ring (bicyclic) bond motifs is 1. The average molecular weight is 499 g/mol. The van der Waals surface area contributed by atoms with E-state index in [-0.39, 0.29) is 17.5 Å². The van der Waals surface area contributed by atoms with Crippen molar-refractivity contribution in [3.63, 3.8) is 0 Å². The molecular weight excluding hydrogens is 469 g/mol. The molecule has 1 saturated heterocycles. The van der Waals surface area contributed by atoms with Gasteiger partial charge in [-0.05, 0) is 86.9 Å². The quantitative estimate of drug-likeness (QED) is 0.431. The SMILES string of the molecule is COc1ccc2ncc(F)c(CCCC3(C(=O)O)CCN(C4CC(c5c(F)cccc5F)C4)C3)c2c1. The lowest BCUT2D eigenvalue weighted by molar-refractivity contribution is -0.149. The number of nitrogens with zero attached hydrogens (tertiary/aromatic N) is 2. The molecule has 1 unspecified atom stereocenters. The highest BCUT2D eigenvalue weighted by molar-refractivity contribution is 5.83. The predicted octanol–water partition coefficient (Wildman–Crippen LogP) is 5.71. The van der Waals surface area contributed by atoms with Crippen LogP contribution in [0.1, 0.15) is 49.1 Å². The summed E-state index contributed by atoms with van der Waals surface area (Å²) >= 11 is 0. The summed E-state index contributed by atoms with van der Waals surface area (Å²) in [7, 11) is 1.55. The van der Waals surface area contributed by atoms with Gasteiger partial charge in [-0.1, -0.05) is 6.07 Å². The normalized spacial score (nSPS) is 24.1. The smallest absolute Gasteiger partial charge is 0.310 e. The van der Waals surface area contributed by atoms with Gasteiger partial charge in [-0.15, -0.1) is 0 Å². The summed E-state index contributed by atoms with van der Waals surface area (Å²) in [6, 6.07) is 9.35. The Morgan fingerprint density at radius 3 is 2.61 bits per heavy atom. The molecule has 3 aromatic rings. The molecule has 1 aromatic heterocycles. The van der Waals surface area contributed by atoms with Crippen LogP contribution in [-0.2, 0) is 11.2 Å². The number of rotatable bonds is 8. The first-order valence-electron chi connectivity index (χ1n) is 12.3. The van der Waals surface area contributed by atoms with E-state index < -0.39 is 28.8 Å². The maximum atomic E-state index is 14.7. The fourth-order valence-electron chi connectivity index (χ4n) is 5.91. The van der Waals surface area contributed by atoms with Gasteiger partial charge < -0.3 is 9.84 Å². The Morgan fingerprint density at radius 1 is 1.17 bits per heavy atom. The number of carboxylic acids is 1. The highest BCUT2D eigenvalue weighted by atomic mass is 19.1. The zero-order chi connectivity index (χ0) is 25.4. The topological polar surface area (TPSA) is 62.7 Å². The second-order valence-electron chi connectivity index (χ2n) is 10.1. The van der Waals surface area contributed by atoms with Gasteiger partial charge in [0.25, 0.3) is 0 Å². The fraction of sp³-hybridized carbons (Fsp3) is 0.429. The summed E-state index contributed by atoms with van der Waals surface area (Å²) in [6.07, 6.45) is 4.27. The fourth-order valence-corrected chi connectivity index (χ4v) is 5.91. The maximum Gasteiger partial charge on any atom is 0.310 e. The first kappa shape index (κ1) is 24.6. The van der Waals surface area contributed by atoms with E-state index >= 15 is 0 Å². The Bertz CT molecular complexity index is 1270. The molecule has 1 saturated carbocycles. The van der Waals surface area contributed by atoms with Gasteiger partial charge in [0.2, 0.25) is 0 Å². The first-order valence-corrected chi connectivity index (χ1v) is 12.3. The minimum atomic E-state index is -0.911. The van der Waals surface area contributed by atoms with Crippen molar-refractivity contribution in [1.82, 2.24) is 9.88 Å². The third kappa shape index (κ3) is 4.43. The summed E-state index contributed by atoms with van der Waals surface area (Å²) in [5.74, 6) is -1.87. The van der Waals surface area contributed by atoms with Gasteiger partial charge in [0.1, 0.15) is 23.2 Å². The van der Waals surface area contributed by atoms with E-state index in [1.165, 1.54) is 24.4 Å². The van der Waals surface area contributed by atoms with E-state index in [9.17, 15) is 23.1 Å². The number of aliphatic carboxylic acids is 1. The molecular formula is C28H29F3N2O3. The molecule has 1 aliphatic carbocycles. The van der Waals surface area contributed by atoms with Crippen molar-refractivity contribution in [3.05, 3.63) is 71.2 Å². The molecule has 0 bridgehead atoms. The van der Waals surface area contributed by atoms with E-state index in [0.717, 1.165) is 0 Å². The lowest BCUT2D eigenvalue weighted by Gasteiger charge is -2.42. The Labute approximate surface area is 207 Å². The van der Waals surface area contributed by atoms with Gasteiger partial charge in [0.05, 0.1) is 24.2 Å². The van der Waals surface area contributed by atoms with Gasteiger partial charge in [0.15, 0.2) is 0 Å². The van der Waals surface area contributed by atoms with Crippen LogP contribution in [0.25, 0.3) is 10.9 Å². The van der Waals surface area contributed by atoms with Crippen molar-refractivity contribution in [1.29, 1.82) is 0 Å². The van der Waals surface area contributed by atoms with Gasteiger partial charge in [-0.2, -0.15) is 0 Å². The number of methoxy groups -OCH3 is 1. The third-order valence-corrected chi connectivity index (χ3v) is 8.09. The Balaban J connectivity index is 1.24. The zero-order valence-corrected chi connectivity index (χ0v) is 20.1. The van der Waals surface area contributed by atoms with Crippen LogP contribution in [-0.4, -0.2) is 47.2 Å². The molecule has 0 radical (unpaired) electrons. The van der Waals surface area contributed by atoms with Crippen LogP contribution in [0.4, 0.5) is 13.2 Å². The molecule has 2 fully saturated rings. The number of hydrogen-bond donors (Lipinski definition) is 1. The number of aromatic nitrogens is 1. The minimum absolute atomic E-state index is 0.115. The number of likely N-dealkylation sites (tertiary alicyclic amines) is 1. The van der Waals surface area contributed by atoms with Crippen molar-refractivity contribution in [3.8, 4) is 5.75 Å². The van der Waals surface area contributed by atoms with Crippen molar-refractivity contribution < 1.29 is 27.8 Å². The average Bonchev–Trinajstić information content (AvgIpc) is 3.26. The number of benzene rings is 2. The molecule has 8 heteroatoms. The van der Waals surface area contributed by atoms with Crippen LogP contribution in [0, 0.1) is 22.9 Å². The number of hydrogen-bond acceptors (Lipinski definition) is 4. The molecule has 2 aliphatic rings. The molecule has 1 atom stereocenters. The molecule has 5 nitrogen and oxygen atoms in total. The molecule has 0 amide bonds. The van der Waals surface area contributed by atoms with Crippen LogP contribution >= 0.6 is 0 Å². The number of ether oxygens (including phenoxy) is 1. The largest absolute Gasteiger partial charge is 0.497 e. The van der Waals surface area contributed by atoms with Gasteiger partial charge in [0, 0.05) is 23.5 Å². The monoisotopic (exact) mass is 498 g/mol. The maximum absolute atomic E-state index is 14.7. The molecule has 190 valence electrons. The molecule has 0 spiro atoms. The highest BCUT2D eigenvalue weighted by Gasteiger charge is 2.48. The number of pyridine rings is 1. The standard InChI is InChI=1S/C28H29F3N2O3/c1-36-19-7-8-25-21(14-19)20(24(31)15-32-25)4-3-9-28(27(34)35)10-11-33(16-28)18-12-17(13-18)26-22(29)5-2-6-23(26)30/h2,5-8,14-15,17-18H,3-4,9-13,16H2,1H3,(H,34,35). The van der Waals surface area contributed by atoms with Crippen LogP contribution < -0.4 is 4.74 Å². The number of carbonyl (C=O) groups is 1. The number of carboxylic acid groups (broad SMARTS) is 1. The molecule has 36 heavy (non-hydrogen) atoms. The predicted molar refractivity (Wildman–Crippen MR) is 130 cm³/mol. The molecule has 2 heterocycles. The molecule has 1 N–H and O–H groups in total. The van der Waals surface area contributed by atoms with Crippen molar-refractivity contribution in [2.45, 2.75) is 50.5 Å². The summed E-state index contributed by atoms with van der Waals surface area (Å²) in [6.45, 7) is 1.03. The van der Waals surface area contributed by atoms with Gasteiger partial charge in [-0.3, -0.25) is 14.7 Å². The summed E-state index contributed by atoms with van der Waals surface area (Å²) in [5, 5.41) is 10.8. The second-order valence-corrected chi connectivity index (χ2v) is 10.1. The van der Waals surface area contributed by atoms with Crippen molar-refractivity contribution >= 4 is 16.9 Å². The van der Waals surface area contributed by atoms with E-state index in [2.05, 4.69) is 9.88 Å². The Morgan fingerprint density at radius 2 is 1.92 bits per heavy atom. The lowest BCUT2D eigenvalue weighted by Crippen LogP contribution is -2.45. The van der Waals surface area contributed by atoms with E-state index in [1.807, 2.05) is 0 Å². The summed E-state index contributed by atoms with van der Waals surface area (Å²) in [4.78, 5) is 18.7. The zero-order valence-electron chi connectivity index (χ0n) is 20.1. The van der Waals surface area contributed by atoms with E-state index in [4.69, 9.17) is 4.74 Å². The molecule has 2 aromatic carbocycles. The third-order valence-electron chi connectivity index (χ3n) is 8.09. The first-order chi connectivity index (χ1) is 17.3.